The third kappa shape index (κ3) is 6.34. The first-order valence-electron chi connectivity index (χ1n) is 19.3. The molecule has 3 aliphatic rings. The minimum Gasteiger partial charge on any atom is -0.356 e. The van der Waals surface area contributed by atoms with Crippen LogP contribution < -0.4 is 21.1 Å². The van der Waals surface area contributed by atoms with E-state index in [-0.39, 0.29) is 5.41 Å². The van der Waals surface area contributed by atoms with Crippen molar-refractivity contribution in [1.82, 2.24) is 0 Å². The minimum atomic E-state index is -0.186. The summed E-state index contributed by atoms with van der Waals surface area (Å²) >= 11 is 0. The van der Waals surface area contributed by atoms with Gasteiger partial charge in [-0.15, -0.1) is 6.58 Å². The predicted molar refractivity (Wildman–Crippen MR) is 238 cm³/mol. The molecule has 1 N–H and O–H groups in total. The van der Waals surface area contributed by atoms with E-state index < -0.39 is 0 Å². The van der Waals surface area contributed by atoms with E-state index in [1.165, 1.54) is 78.0 Å². The summed E-state index contributed by atoms with van der Waals surface area (Å²) in [7, 11) is 2.98. The number of rotatable bonds is 8. The number of anilines is 3. The molecule has 0 atom stereocenters. The molecule has 0 saturated heterocycles. The summed E-state index contributed by atoms with van der Waals surface area (Å²) < 4.78 is 0. The number of fused-ring (bicyclic) bond motifs is 5. The van der Waals surface area contributed by atoms with Gasteiger partial charge in [-0.05, 0) is 102 Å². The molecular formula is C50H48B2N2. The third-order valence-electron chi connectivity index (χ3n) is 11.6. The molecular weight excluding hydrogens is 650 g/mol. The highest BCUT2D eigenvalue weighted by molar-refractivity contribution is 6.65. The van der Waals surface area contributed by atoms with Gasteiger partial charge in [0.2, 0.25) is 0 Å². The van der Waals surface area contributed by atoms with Crippen molar-refractivity contribution in [2.24, 2.45) is 0 Å². The number of aryl methyl sites for hydroxylation is 1. The van der Waals surface area contributed by atoms with Crippen molar-refractivity contribution in [2.45, 2.75) is 52.4 Å². The Bertz CT molecular complexity index is 2440. The monoisotopic (exact) mass is 698 g/mol. The van der Waals surface area contributed by atoms with Crippen molar-refractivity contribution < 1.29 is 0 Å². The maximum atomic E-state index is 4.79. The Morgan fingerprint density at radius 2 is 1.61 bits per heavy atom. The fourth-order valence-corrected chi connectivity index (χ4v) is 8.69. The zero-order valence-corrected chi connectivity index (χ0v) is 32.4. The molecule has 5 aromatic rings. The zero-order valence-electron chi connectivity index (χ0n) is 32.4. The Morgan fingerprint density at radius 1 is 0.870 bits per heavy atom. The van der Waals surface area contributed by atoms with Crippen LogP contribution >= 0.6 is 0 Å². The van der Waals surface area contributed by atoms with Crippen molar-refractivity contribution in [3.63, 3.8) is 0 Å². The molecule has 5 aromatic carbocycles. The van der Waals surface area contributed by atoms with Gasteiger partial charge in [0, 0.05) is 33.7 Å². The molecule has 0 fully saturated rings. The second-order valence-corrected chi connectivity index (χ2v) is 15.7. The highest BCUT2D eigenvalue weighted by Gasteiger charge is 2.42. The van der Waals surface area contributed by atoms with Crippen molar-refractivity contribution >= 4 is 43.1 Å². The average molecular weight is 699 g/mol. The fourth-order valence-electron chi connectivity index (χ4n) is 8.69. The highest BCUT2D eigenvalue weighted by atomic mass is 15.2. The summed E-state index contributed by atoms with van der Waals surface area (Å²) in [6.07, 6.45) is 12.0. The van der Waals surface area contributed by atoms with Crippen LogP contribution in [0.3, 0.4) is 0 Å². The summed E-state index contributed by atoms with van der Waals surface area (Å²) in [5.41, 5.74) is 22.1. The van der Waals surface area contributed by atoms with Gasteiger partial charge in [0.1, 0.15) is 7.85 Å². The summed E-state index contributed by atoms with van der Waals surface area (Å²) in [6, 6.07) is 40.0. The molecule has 54 heavy (non-hydrogen) atoms. The molecule has 0 amide bonds. The Labute approximate surface area is 323 Å². The van der Waals surface area contributed by atoms with Crippen LogP contribution in [0.25, 0.3) is 22.3 Å². The van der Waals surface area contributed by atoms with Crippen molar-refractivity contribution in [2.75, 3.05) is 10.2 Å². The summed E-state index contributed by atoms with van der Waals surface area (Å²) in [6.45, 7) is 18.3. The van der Waals surface area contributed by atoms with Crippen molar-refractivity contribution in [1.29, 1.82) is 0 Å². The molecule has 264 valence electrons. The Morgan fingerprint density at radius 3 is 2.39 bits per heavy atom. The first-order chi connectivity index (χ1) is 26.1. The molecule has 0 spiro atoms. The number of nitrogens with one attached hydrogen (secondary N) is 1. The first-order valence-corrected chi connectivity index (χ1v) is 19.3. The highest BCUT2D eigenvalue weighted by Crippen LogP contribution is 2.54. The van der Waals surface area contributed by atoms with Gasteiger partial charge in [0.15, 0.2) is 7.28 Å². The molecule has 1 aliphatic heterocycles. The molecule has 0 radical (unpaired) electrons. The topological polar surface area (TPSA) is 15.3 Å². The Balaban J connectivity index is 1.29. The van der Waals surface area contributed by atoms with Gasteiger partial charge in [-0.25, -0.2) is 0 Å². The van der Waals surface area contributed by atoms with Gasteiger partial charge in [-0.2, -0.15) is 0 Å². The minimum absolute atomic E-state index is 0.186. The quantitative estimate of drug-likeness (QED) is 0.128. The second-order valence-electron chi connectivity index (χ2n) is 15.7. The van der Waals surface area contributed by atoms with Gasteiger partial charge in [0.05, 0.1) is 5.69 Å². The van der Waals surface area contributed by atoms with Gasteiger partial charge in [-0.1, -0.05) is 152 Å². The van der Waals surface area contributed by atoms with Crippen LogP contribution in [0.1, 0.15) is 56.7 Å². The summed E-state index contributed by atoms with van der Waals surface area (Å²) in [5.74, 6) is 0. The maximum absolute atomic E-state index is 4.79. The lowest BCUT2D eigenvalue weighted by Crippen LogP contribution is -2.38. The molecule has 4 heteroatoms. The maximum Gasteiger partial charge on any atom is 0.196 e. The van der Waals surface area contributed by atoms with E-state index >= 15 is 0 Å². The van der Waals surface area contributed by atoms with E-state index in [4.69, 9.17) is 6.58 Å². The molecule has 2 nitrogen and oxygen atoms in total. The molecule has 0 saturated carbocycles. The standard InChI is InChI=1S/C50H48B2N2/c1-7-35(30-37-17-11-14-20-45(37)53-39-24-21-32(2)22-25-39)33(3)29-47-34(4)52-44-27-26-41-40-18-12-13-19-43(40)50(5,6)48(41)49(44)54(47)46-28-23-38(51)31-42(46)36-15-9-8-10-16-36/h7-10,12-13,15-29,31,52-53H,1,4,11,14,30,51H2,2-3,5-6H3/b35-33-,47-29+. The summed E-state index contributed by atoms with van der Waals surface area (Å²) in [4.78, 5) is 2.55. The Hall–Kier alpha value is -5.73. The number of allylic oxidation sites excluding steroid dienone is 8. The van der Waals surface area contributed by atoms with Gasteiger partial charge in [0.25, 0.3) is 0 Å². The molecule has 2 aliphatic carbocycles. The molecule has 0 aromatic heterocycles. The van der Waals surface area contributed by atoms with Crippen LogP contribution in [-0.2, 0) is 5.41 Å². The number of benzene rings is 5. The first kappa shape index (κ1) is 35.3. The molecule has 0 bridgehead atoms. The lowest BCUT2D eigenvalue weighted by Gasteiger charge is -2.40. The van der Waals surface area contributed by atoms with Crippen molar-refractivity contribution in [3.05, 3.63) is 197 Å². The van der Waals surface area contributed by atoms with Crippen LogP contribution in [-0.4, -0.2) is 15.1 Å². The third-order valence-corrected chi connectivity index (χ3v) is 11.6. The molecule has 1 heterocycles. The molecule has 0 unspecified atom stereocenters. The van der Waals surface area contributed by atoms with E-state index in [2.05, 4.69) is 180 Å². The van der Waals surface area contributed by atoms with Crippen LogP contribution in [0.2, 0.25) is 0 Å². The SMILES string of the molecule is Bc1ccc(N2/C(=C/C(C)=C(/C=C)CC3=CCCC=C3Nc3ccc(C)cc3)C(=C)Bc3ccc4c(c32)C(C)(C)c2ccccc2-4)c(-c2ccccc2)c1. The fraction of sp³-hybridized carbons (Fsp3) is 0.160. The van der Waals surface area contributed by atoms with Gasteiger partial charge >= 0.3 is 0 Å². The smallest absolute Gasteiger partial charge is 0.196 e. The largest absolute Gasteiger partial charge is 0.356 e. The van der Waals surface area contributed by atoms with E-state index in [0.717, 1.165) is 49.1 Å². The van der Waals surface area contributed by atoms with Crippen LogP contribution in [0, 0.1) is 6.92 Å². The summed E-state index contributed by atoms with van der Waals surface area (Å²) in [5, 5.41) is 3.72. The lowest BCUT2D eigenvalue weighted by atomic mass is 9.57. The van der Waals surface area contributed by atoms with Crippen molar-refractivity contribution in [3.8, 4) is 22.3 Å². The van der Waals surface area contributed by atoms with Gasteiger partial charge < -0.3 is 10.2 Å². The van der Waals surface area contributed by atoms with E-state index in [1.54, 1.807) is 0 Å². The normalized spacial score (nSPS) is 16.7. The van der Waals surface area contributed by atoms with Gasteiger partial charge in [-0.3, -0.25) is 0 Å². The van der Waals surface area contributed by atoms with E-state index in [0.29, 0.717) is 0 Å². The number of nitrogens with zero attached hydrogens (tertiary/aromatic N) is 1. The average Bonchev–Trinajstić information content (AvgIpc) is 3.42. The predicted octanol–water partition coefficient (Wildman–Crippen LogP) is 10.4. The second kappa shape index (κ2) is 14.3. The van der Waals surface area contributed by atoms with Crippen LogP contribution in [0.15, 0.2) is 180 Å². The lowest BCUT2D eigenvalue weighted by molar-refractivity contribution is 0.660. The molecule has 8 rings (SSSR count). The zero-order chi connectivity index (χ0) is 37.6. The van der Waals surface area contributed by atoms with Crippen LogP contribution in [0.4, 0.5) is 17.1 Å². The van der Waals surface area contributed by atoms with E-state index in [1.807, 2.05) is 6.08 Å². The number of hydrogen-bond donors (Lipinski definition) is 1. The number of hydrogen-bond acceptors (Lipinski definition) is 2. The van der Waals surface area contributed by atoms with Crippen LogP contribution in [0.5, 0.6) is 0 Å². The van der Waals surface area contributed by atoms with E-state index in [9.17, 15) is 0 Å². The Kier molecular flexibility index (Phi) is 9.32.